The molecule has 1 fully saturated rings. The van der Waals surface area contributed by atoms with Crippen LogP contribution in [0.3, 0.4) is 0 Å². The number of carbonyl (C=O) groups excluding carboxylic acids is 1. The predicted octanol–water partition coefficient (Wildman–Crippen LogP) is 2.43. The first-order valence-corrected chi connectivity index (χ1v) is 9.91. The van der Waals surface area contributed by atoms with Crippen LogP contribution < -0.4 is 5.32 Å². The van der Waals surface area contributed by atoms with E-state index >= 15 is 0 Å². The van der Waals surface area contributed by atoms with Crippen molar-refractivity contribution in [2.45, 2.75) is 57.4 Å². The molecular weight excluding hydrogens is 320 g/mol. The molecule has 1 aliphatic rings. The zero-order valence-electron chi connectivity index (χ0n) is 13.4. The number of sulfonamides is 1. The maximum absolute atomic E-state index is 13.0. The molecule has 0 aromatic carbocycles. The highest BCUT2D eigenvalue weighted by atomic mass is 32.2. The largest absolute Gasteiger partial charge is 0.356 e. The molecule has 0 spiro atoms. The summed E-state index contributed by atoms with van der Waals surface area (Å²) in [5.74, 6) is -0.0745. The standard InChI is InChI=1S/C15H24N2O3S2/c1-11-10-15(12(2)21-11)22(19,20)17-9-5-4-6-14(17)7-8-16-13(3)18/h10,14H,4-9H2,1-3H3,(H,16,18)/t14-/m0/s1. The van der Waals surface area contributed by atoms with Gasteiger partial charge in [-0.15, -0.1) is 11.3 Å². The minimum absolute atomic E-state index is 0.0230. The molecule has 0 saturated carbocycles. The zero-order chi connectivity index (χ0) is 16.3. The number of nitrogens with zero attached hydrogens (tertiary/aromatic N) is 1. The summed E-state index contributed by atoms with van der Waals surface area (Å²) in [5.41, 5.74) is 0. The highest BCUT2D eigenvalue weighted by Gasteiger charge is 2.34. The number of nitrogens with one attached hydrogen (secondary N) is 1. The molecule has 0 aliphatic carbocycles. The Morgan fingerprint density at radius 2 is 2.14 bits per heavy atom. The average molecular weight is 345 g/mol. The monoisotopic (exact) mass is 344 g/mol. The second-order valence-electron chi connectivity index (χ2n) is 5.81. The van der Waals surface area contributed by atoms with Crippen LogP contribution >= 0.6 is 11.3 Å². The minimum atomic E-state index is -3.44. The van der Waals surface area contributed by atoms with Crippen LogP contribution in [-0.4, -0.2) is 37.8 Å². The lowest BCUT2D eigenvalue weighted by Gasteiger charge is -2.34. The third-order valence-electron chi connectivity index (χ3n) is 4.01. The molecule has 1 amide bonds. The summed E-state index contributed by atoms with van der Waals surface area (Å²) in [4.78, 5) is 13.3. The Morgan fingerprint density at radius 3 is 2.73 bits per heavy atom. The Kier molecular flexibility index (Phi) is 5.63. The van der Waals surface area contributed by atoms with E-state index in [1.807, 2.05) is 13.8 Å². The molecule has 1 saturated heterocycles. The van der Waals surface area contributed by atoms with Crippen molar-refractivity contribution in [2.75, 3.05) is 13.1 Å². The van der Waals surface area contributed by atoms with Crippen LogP contribution in [0.1, 0.15) is 42.4 Å². The second kappa shape index (κ2) is 7.10. The van der Waals surface area contributed by atoms with E-state index in [0.29, 0.717) is 24.4 Å². The first-order chi connectivity index (χ1) is 10.3. The van der Waals surface area contributed by atoms with Crippen LogP contribution in [-0.2, 0) is 14.8 Å². The molecule has 2 heterocycles. The lowest BCUT2D eigenvalue weighted by molar-refractivity contribution is -0.119. The van der Waals surface area contributed by atoms with E-state index in [9.17, 15) is 13.2 Å². The normalized spacial score (nSPS) is 20.0. The third-order valence-corrected chi connectivity index (χ3v) is 7.18. The average Bonchev–Trinajstić information content (AvgIpc) is 2.78. The van der Waals surface area contributed by atoms with E-state index < -0.39 is 10.0 Å². The molecule has 1 atom stereocenters. The molecule has 124 valence electrons. The number of aryl methyl sites for hydroxylation is 2. The van der Waals surface area contributed by atoms with Gasteiger partial charge in [0.2, 0.25) is 15.9 Å². The van der Waals surface area contributed by atoms with Crippen molar-refractivity contribution in [3.05, 3.63) is 15.8 Å². The van der Waals surface area contributed by atoms with Gasteiger partial charge in [0.15, 0.2) is 0 Å². The van der Waals surface area contributed by atoms with E-state index in [0.717, 1.165) is 29.0 Å². The Labute approximate surface area is 136 Å². The van der Waals surface area contributed by atoms with Crippen molar-refractivity contribution >= 4 is 27.3 Å². The summed E-state index contributed by atoms with van der Waals surface area (Å²) in [7, 11) is -3.44. The van der Waals surface area contributed by atoms with Gasteiger partial charge in [-0.05, 0) is 39.2 Å². The summed E-state index contributed by atoms with van der Waals surface area (Å²) in [6.45, 7) is 6.36. The van der Waals surface area contributed by atoms with Gasteiger partial charge < -0.3 is 5.32 Å². The van der Waals surface area contributed by atoms with Gasteiger partial charge in [-0.3, -0.25) is 4.79 Å². The van der Waals surface area contributed by atoms with Gasteiger partial charge in [-0.1, -0.05) is 6.42 Å². The smallest absolute Gasteiger partial charge is 0.244 e. The van der Waals surface area contributed by atoms with Gasteiger partial charge >= 0.3 is 0 Å². The van der Waals surface area contributed by atoms with Crippen LogP contribution in [0.15, 0.2) is 11.0 Å². The number of piperidine rings is 1. The highest BCUT2D eigenvalue weighted by Crippen LogP contribution is 2.32. The maximum atomic E-state index is 13.0. The third kappa shape index (κ3) is 3.88. The summed E-state index contributed by atoms with van der Waals surface area (Å²) in [6, 6.07) is 1.75. The summed E-state index contributed by atoms with van der Waals surface area (Å²) in [5, 5.41) is 2.76. The minimum Gasteiger partial charge on any atom is -0.356 e. The van der Waals surface area contributed by atoms with E-state index in [1.165, 1.54) is 18.3 Å². The molecule has 2 rings (SSSR count). The number of hydrogen-bond acceptors (Lipinski definition) is 4. The molecular formula is C15H24N2O3S2. The van der Waals surface area contributed by atoms with Crippen molar-refractivity contribution in [3.63, 3.8) is 0 Å². The van der Waals surface area contributed by atoms with Gasteiger partial charge in [0.25, 0.3) is 0 Å². The number of rotatable bonds is 5. The Bertz CT molecular complexity index is 637. The molecule has 1 aliphatic heterocycles. The van der Waals surface area contributed by atoms with Crippen LogP contribution in [0.5, 0.6) is 0 Å². The second-order valence-corrected chi connectivity index (χ2v) is 9.13. The quantitative estimate of drug-likeness (QED) is 0.892. The molecule has 0 unspecified atom stereocenters. The molecule has 7 heteroatoms. The Morgan fingerprint density at radius 1 is 1.41 bits per heavy atom. The van der Waals surface area contributed by atoms with Crippen LogP contribution in [0, 0.1) is 13.8 Å². The van der Waals surface area contributed by atoms with E-state index in [-0.39, 0.29) is 11.9 Å². The van der Waals surface area contributed by atoms with Crippen LogP contribution in [0.2, 0.25) is 0 Å². The van der Waals surface area contributed by atoms with Gasteiger partial charge in [0.1, 0.15) is 0 Å². The van der Waals surface area contributed by atoms with Crippen molar-refractivity contribution in [1.29, 1.82) is 0 Å². The number of carbonyl (C=O) groups is 1. The van der Waals surface area contributed by atoms with Gasteiger partial charge in [0.05, 0.1) is 4.90 Å². The highest BCUT2D eigenvalue weighted by molar-refractivity contribution is 7.89. The summed E-state index contributed by atoms with van der Waals surface area (Å²) >= 11 is 1.52. The number of hydrogen-bond donors (Lipinski definition) is 1. The van der Waals surface area contributed by atoms with Gasteiger partial charge in [-0.25, -0.2) is 8.42 Å². The Balaban J connectivity index is 2.19. The SMILES string of the molecule is CC(=O)NCC[C@@H]1CCCCN1S(=O)(=O)c1cc(C)sc1C. The van der Waals surface area contributed by atoms with Crippen molar-refractivity contribution in [2.24, 2.45) is 0 Å². The molecule has 5 nitrogen and oxygen atoms in total. The maximum Gasteiger partial charge on any atom is 0.244 e. The number of amides is 1. The lowest BCUT2D eigenvalue weighted by atomic mass is 10.0. The van der Waals surface area contributed by atoms with Crippen molar-refractivity contribution in [3.8, 4) is 0 Å². The fourth-order valence-electron chi connectivity index (χ4n) is 2.98. The molecule has 1 aromatic rings. The van der Waals surface area contributed by atoms with Crippen LogP contribution in [0.4, 0.5) is 0 Å². The van der Waals surface area contributed by atoms with Crippen molar-refractivity contribution < 1.29 is 13.2 Å². The topological polar surface area (TPSA) is 66.5 Å². The van der Waals surface area contributed by atoms with Crippen LogP contribution in [0.25, 0.3) is 0 Å². The molecule has 1 aromatic heterocycles. The fourth-order valence-corrected chi connectivity index (χ4v) is 6.23. The Hall–Kier alpha value is -0.920. The predicted molar refractivity (Wildman–Crippen MR) is 88.6 cm³/mol. The van der Waals surface area contributed by atoms with Gasteiger partial charge in [-0.2, -0.15) is 4.31 Å². The van der Waals surface area contributed by atoms with Gasteiger partial charge in [0, 0.05) is 35.8 Å². The molecule has 1 N–H and O–H groups in total. The molecule has 0 bridgehead atoms. The van der Waals surface area contributed by atoms with E-state index in [2.05, 4.69) is 5.32 Å². The van der Waals surface area contributed by atoms with E-state index in [1.54, 1.807) is 10.4 Å². The zero-order valence-corrected chi connectivity index (χ0v) is 15.0. The summed E-state index contributed by atoms with van der Waals surface area (Å²) < 4.78 is 27.6. The molecule has 0 radical (unpaired) electrons. The fraction of sp³-hybridized carbons (Fsp3) is 0.667. The number of thiophene rings is 1. The summed E-state index contributed by atoms with van der Waals surface area (Å²) in [6.07, 6.45) is 3.47. The first kappa shape index (κ1) is 17.4. The lowest BCUT2D eigenvalue weighted by Crippen LogP contribution is -2.45. The van der Waals surface area contributed by atoms with E-state index in [4.69, 9.17) is 0 Å². The van der Waals surface area contributed by atoms with Crippen molar-refractivity contribution in [1.82, 2.24) is 9.62 Å². The first-order valence-electron chi connectivity index (χ1n) is 7.65. The molecule has 22 heavy (non-hydrogen) atoms.